The van der Waals surface area contributed by atoms with Crippen molar-refractivity contribution in [1.29, 1.82) is 0 Å². The van der Waals surface area contributed by atoms with Crippen molar-refractivity contribution in [2.75, 3.05) is 25.0 Å². The first kappa shape index (κ1) is 29.6. The van der Waals surface area contributed by atoms with Crippen LogP contribution >= 0.6 is 0 Å². The molecule has 0 N–H and O–H groups in total. The monoisotopic (exact) mass is 381 g/mol. The Kier molecular flexibility index (Phi) is 60.5. The second kappa shape index (κ2) is 22.4. The van der Waals surface area contributed by atoms with Gasteiger partial charge in [0.25, 0.3) is 0 Å². The minimum absolute atomic E-state index is 0. The van der Waals surface area contributed by atoms with Crippen LogP contribution in [0.4, 0.5) is 0 Å². The Morgan fingerprint density at radius 2 is 0.727 bits per heavy atom. The quantitative estimate of drug-likeness (QED) is 0.584. The molecular weight excluding hydrogens is 363 g/mol. The van der Waals surface area contributed by atoms with E-state index in [4.69, 9.17) is 0 Å². The Morgan fingerprint density at radius 3 is 0.727 bits per heavy atom. The van der Waals surface area contributed by atoms with E-state index in [1.54, 1.807) is 25.0 Å². The molecule has 5 heteroatoms. The van der Waals surface area contributed by atoms with Crippen molar-refractivity contribution in [1.82, 2.24) is 0 Å². The Hall–Kier alpha value is 0.988. The van der Waals surface area contributed by atoms with E-state index in [9.17, 15) is 8.42 Å². The fraction of sp³-hybridized carbons (Fsp3) is 0.667. The minimum atomic E-state index is -0.611. The standard InChI is InChI=1S/2C2H6OS.2CH3.Pt/c2*1-4(2)3;;;/h2*1-2H3;2*1H3;/q;;2*-1;+2. The first-order valence-corrected chi connectivity index (χ1v) is 5.90. The summed E-state index contributed by atoms with van der Waals surface area (Å²) in [5.41, 5.74) is 0. The van der Waals surface area contributed by atoms with Crippen LogP contribution < -0.4 is 0 Å². The van der Waals surface area contributed by atoms with Gasteiger partial charge in [-0.15, -0.1) is 0 Å². The number of hydrogen-bond acceptors (Lipinski definition) is 2. The molecule has 76 valence electrons. The molecule has 0 rings (SSSR count). The second-order valence-corrected chi connectivity index (χ2v) is 4.45. The third-order valence-electron chi connectivity index (χ3n) is 0. The van der Waals surface area contributed by atoms with Gasteiger partial charge in [-0.05, 0) is 0 Å². The van der Waals surface area contributed by atoms with Crippen molar-refractivity contribution in [2.45, 2.75) is 0 Å². The molecule has 0 amide bonds. The van der Waals surface area contributed by atoms with Crippen LogP contribution in [0.15, 0.2) is 0 Å². The Morgan fingerprint density at radius 1 is 0.727 bits per heavy atom. The van der Waals surface area contributed by atoms with E-state index >= 15 is 0 Å². The zero-order chi connectivity index (χ0) is 7.15. The molecule has 0 saturated carbocycles. The molecule has 0 saturated heterocycles. The normalized spacial score (nSPS) is 6.36. The SMILES string of the molecule is CS(C)=O.CS(C)=O.[CH3-].[CH3-].[Pt+2]. The first-order chi connectivity index (χ1) is 3.46. The van der Waals surface area contributed by atoms with Gasteiger partial charge >= 0.3 is 21.1 Å². The molecule has 0 aliphatic carbocycles. The second-order valence-electron chi connectivity index (χ2n) is 1.48. The van der Waals surface area contributed by atoms with Crippen LogP contribution in [0, 0.1) is 14.9 Å². The van der Waals surface area contributed by atoms with Gasteiger partial charge in [-0.3, -0.25) is 8.42 Å². The van der Waals surface area contributed by atoms with E-state index in [1.165, 1.54) is 0 Å². The Bertz CT molecular complexity index is 76.6. The maximum atomic E-state index is 9.56. The summed E-state index contributed by atoms with van der Waals surface area (Å²) in [7, 11) is -1.22. The van der Waals surface area contributed by atoms with E-state index in [0.29, 0.717) is 0 Å². The van der Waals surface area contributed by atoms with Gasteiger partial charge in [-0.25, -0.2) is 0 Å². The van der Waals surface area contributed by atoms with Crippen LogP contribution in [-0.4, -0.2) is 33.4 Å². The zero-order valence-electron chi connectivity index (χ0n) is 7.95. The average Bonchev–Trinajstić information content (AvgIpc) is 1.25. The average molecular weight is 381 g/mol. The van der Waals surface area contributed by atoms with Gasteiger partial charge in [0.2, 0.25) is 0 Å². The predicted octanol–water partition coefficient (Wildman–Crippen LogP) is 0.887. The molecule has 0 heterocycles. The van der Waals surface area contributed by atoms with Crippen LogP contribution in [0.2, 0.25) is 0 Å². The van der Waals surface area contributed by atoms with Crippen molar-refractivity contribution in [3.63, 3.8) is 0 Å². The molecule has 0 spiro atoms. The number of hydrogen-bond donors (Lipinski definition) is 0. The molecule has 0 atom stereocenters. The van der Waals surface area contributed by atoms with Gasteiger partial charge in [0.05, 0.1) is 0 Å². The van der Waals surface area contributed by atoms with Crippen LogP contribution in [-0.2, 0) is 42.7 Å². The largest absolute Gasteiger partial charge is 2.00 e. The third kappa shape index (κ3) is 909. The van der Waals surface area contributed by atoms with Crippen molar-refractivity contribution >= 4 is 21.6 Å². The Labute approximate surface area is 90.7 Å². The first-order valence-electron chi connectivity index (χ1n) is 1.97. The molecule has 11 heavy (non-hydrogen) atoms. The summed E-state index contributed by atoms with van der Waals surface area (Å²) >= 11 is 0. The minimum Gasteiger partial charge on any atom is -0.358 e. The maximum Gasteiger partial charge on any atom is 2.00 e. The van der Waals surface area contributed by atoms with Crippen LogP contribution in [0.1, 0.15) is 0 Å². The molecule has 0 radical (unpaired) electrons. The van der Waals surface area contributed by atoms with Crippen molar-refractivity contribution in [3.8, 4) is 0 Å². The fourth-order valence-corrected chi connectivity index (χ4v) is 0. The smallest absolute Gasteiger partial charge is 0.358 e. The zero-order valence-corrected chi connectivity index (χ0v) is 11.9. The van der Waals surface area contributed by atoms with E-state index in [-0.39, 0.29) is 35.9 Å². The van der Waals surface area contributed by atoms with Gasteiger partial charge in [-0.2, -0.15) is 0 Å². The summed E-state index contributed by atoms with van der Waals surface area (Å²) in [6.07, 6.45) is 6.56. The topological polar surface area (TPSA) is 34.1 Å². The van der Waals surface area contributed by atoms with E-state index in [0.717, 1.165) is 0 Å². The van der Waals surface area contributed by atoms with Crippen LogP contribution in [0.3, 0.4) is 0 Å². The molecule has 0 aliphatic heterocycles. The molecule has 0 aliphatic rings. The van der Waals surface area contributed by atoms with E-state index in [2.05, 4.69) is 0 Å². The third-order valence-corrected chi connectivity index (χ3v) is 0. The molecule has 0 bridgehead atoms. The van der Waals surface area contributed by atoms with E-state index in [1.807, 2.05) is 0 Å². The van der Waals surface area contributed by atoms with Crippen molar-refractivity contribution in [3.05, 3.63) is 14.9 Å². The molecular formula is C6H18O2PtS2. The molecule has 0 aromatic rings. The summed E-state index contributed by atoms with van der Waals surface area (Å²) in [6, 6.07) is 0. The molecule has 2 nitrogen and oxygen atoms in total. The summed E-state index contributed by atoms with van der Waals surface area (Å²) in [6.45, 7) is 0. The van der Waals surface area contributed by atoms with Gasteiger partial charge < -0.3 is 14.9 Å². The Balaban J connectivity index is -0.0000000171. The molecule has 0 unspecified atom stereocenters. The molecule has 0 fully saturated rings. The maximum absolute atomic E-state index is 9.56. The summed E-state index contributed by atoms with van der Waals surface area (Å²) < 4.78 is 19.1. The summed E-state index contributed by atoms with van der Waals surface area (Å²) in [5.74, 6) is 0. The van der Waals surface area contributed by atoms with Gasteiger partial charge in [0.1, 0.15) is 0 Å². The number of rotatable bonds is 0. The summed E-state index contributed by atoms with van der Waals surface area (Å²) in [5, 5.41) is 0. The molecule has 0 aromatic carbocycles. The predicted molar refractivity (Wildman–Crippen MR) is 52.8 cm³/mol. The van der Waals surface area contributed by atoms with Crippen molar-refractivity contribution < 1.29 is 29.5 Å². The van der Waals surface area contributed by atoms with Crippen molar-refractivity contribution in [2.24, 2.45) is 0 Å². The fourth-order valence-electron chi connectivity index (χ4n) is 0. The van der Waals surface area contributed by atoms with Crippen LogP contribution in [0.5, 0.6) is 0 Å². The van der Waals surface area contributed by atoms with Gasteiger partial charge in [0, 0.05) is 46.6 Å². The molecule has 0 aromatic heterocycles. The van der Waals surface area contributed by atoms with Gasteiger partial charge in [-0.1, -0.05) is 0 Å². The summed E-state index contributed by atoms with van der Waals surface area (Å²) in [4.78, 5) is 0. The van der Waals surface area contributed by atoms with E-state index < -0.39 is 21.6 Å². The van der Waals surface area contributed by atoms with Gasteiger partial charge in [0.15, 0.2) is 0 Å². The van der Waals surface area contributed by atoms with Crippen LogP contribution in [0.25, 0.3) is 0 Å².